The number of amides is 1. The highest BCUT2D eigenvalue weighted by Gasteiger charge is 2.24. The third kappa shape index (κ3) is 4.56. The molecule has 3 heterocycles. The first-order valence-corrected chi connectivity index (χ1v) is 8.94. The predicted octanol–water partition coefficient (Wildman–Crippen LogP) is 2.02. The standard InChI is InChI=1S/C18H27N5O2/c1-23-7-4-5-16(23)15-9-13-11-20-17(10-14(13)21-15)22-18(24)12-25-8-3-2-6-19/h9-11,16,21H,2-8,12,19H2,1H3,(H,20,22,24)/t16-/m1/s1. The van der Waals surface area contributed by atoms with Crippen molar-refractivity contribution in [3.63, 3.8) is 0 Å². The Kier molecular flexibility index (Phi) is 6.01. The number of nitrogens with two attached hydrogens (primary N) is 1. The van der Waals surface area contributed by atoms with Gasteiger partial charge in [-0.3, -0.25) is 9.69 Å². The first-order chi connectivity index (χ1) is 12.2. The maximum atomic E-state index is 11.9. The molecule has 0 radical (unpaired) electrons. The summed E-state index contributed by atoms with van der Waals surface area (Å²) < 4.78 is 5.33. The van der Waals surface area contributed by atoms with Gasteiger partial charge in [0.1, 0.15) is 12.4 Å². The zero-order chi connectivity index (χ0) is 17.6. The monoisotopic (exact) mass is 345 g/mol. The van der Waals surface area contributed by atoms with Crippen molar-refractivity contribution in [3.8, 4) is 0 Å². The lowest BCUT2D eigenvalue weighted by Gasteiger charge is -2.17. The van der Waals surface area contributed by atoms with Crippen molar-refractivity contribution in [1.29, 1.82) is 0 Å². The Morgan fingerprint density at radius 3 is 3.12 bits per heavy atom. The molecule has 2 aromatic heterocycles. The maximum absolute atomic E-state index is 11.9. The predicted molar refractivity (Wildman–Crippen MR) is 98.4 cm³/mol. The minimum absolute atomic E-state index is 0.0349. The summed E-state index contributed by atoms with van der Waals surface area (Å²) in [7, 11) is 2.15. The number of aromatic nitrogens is 2. The SMILES string of the molecule is CN1CCC[C@@H]1c1cc2cnc(NC(=O)COCCCCN)cc2[nH]1. The number of carbonyl (C=O) groups excluding carboxylic acids is 1. The summed E-state index contributed by atoms with van der Waals surface area (Å²) in [5, 5.41) is 3.84. The van der Waals surface area contributed by atoms with Crippen molar-refractivity contribution in [3.05, 3.63) is 24.0 Å². The summed E-state index contributed by atoms with van der Waals surface area (Å²) in [6, 6.07) is 4.47. The van der Waals surface area contributed by atoms with Crippen molar-refractivity contribution in [2.45, 2.75) is 31.7 Å². The lowest BCUT2D eigenvalue weighted by Crippen LogP contribution is -2.19. The topological polar surface area (TPSA) is 96.3 Å². The molecule has 0 unspecified atom stereocenters. The molecule has 0 aromatic carbocycles. The number of carbonyl (C=O) groups is 1. The van der Waals surface area contributed by atoms with Crippen LogP contribution in [0, 0.1) is 0 Å². The van der Waals surface area contributed by atoms with E-state index in [1.165, 1.54) is 18.5 Å². The molecule has 0 bridgehead atoms. The highest BCUT2D eigenvalue weighted by Crippen LogP contribution is 2.31. The Hall–Kier alpha value is -1.96. The molecule has 7 heteroatoms. The molecular formula is C18H27N5O2. The van der Waals surface area contributed by atoms with Gasteiger partial charge in [-0.2, -0.15) is 0 Å². The Bertz CT molecular complexity index is 715. The second-order valence-corrected chi connectivity index (χ2v) is 6.62. The molecule has 1 amide bonds. The average molecular weight is 345 g/mol. The van der Waals surface area contributed by atoms with Crippen molar-refractivity contribution >= 4 is 22.6 Å². The molecule has 2 aromatic rings. The molecule has 7 nitrogen and oxygen atoms in total. The van der Waals surface area contributed by atoms with Gasteiger partial charge in [0.25, 0.3) is 5.91 Å². The summed E-state index contributed by atoms with van der Waals surface area (Å²) in [5.74, 6) is 0.345. The van der Waals surface area contributed by atoms with Gasteiger partial charge in [0, 0.05) is 36.0 Å². The molecule has 1 aliphatic heterocycles. The van der Waals surface area contributed by atoms with Crippen LogP contribution >= 0.6 is 0 Å². The van der Waals surface area contributed by atoms with Gasteiger partial charge >= 0.3 is 0 Å². The molecule has 0 aliphatic carbocycles. The summed E-state index contributed by atoms with van der Waals surface area (Å²) >= 11 is 0. The Labute approximate surface area is 147 Å². The molecule has 3 rings (SSSR count). The van der Waals surface area contributed by atoms with Gasteiger partial charge in [-0.1, -0.05) is 0 Å². The quantitative estimate of drug-likeness (QED) is 0.636. The van der Waals surface area contributed by atoms with Crippen LogP contribution in [0.15, 0.2) is 18.3 Å². The Morgan fingerprint density at radius 2 is 2.36 bits per heavy atom. The number of fused-ring (bicyclic) bond motifs is 1. The summed E-state index contributed by atoms with van der Waals surface area (Å²) in [6.45, 7) is 2.36. The van der Waals surface area contributed by atoms with Crippen LogP contribution in [0.2, 0.25) is 0 Å². The van der Waals surface area contributed by atoms with E-state index in [1.807, 2.05) is 6.07 Å². The fourth-order valence-corrected chi connectivity index (χ4v) is 3.29. The summed E-state index contributed by atoms with van der Waals surface area (Å²) in [4.78, 5) is 22.1. The molecule has 25 heavy (non-hydrogen) atoms. The first-order valence-electron chi connectivity index (χ1n) is 8.94. The van der Waals surface area contributed by atoms with Crippen molar-refractivity contribution in [2.75, 3.05) is 38.7 Å². The number of rotatable bonds is 8. The second kappa shape index (κ2) is 8.42. The third-order valence-electron chi connectivity index (χ3n) is 4.65. The minimum atomic E-state index is -0.193. The largest absolute Gasteiger partial charge is 0.372 e. The number of likely N-dealkylation sites (tertiary alicyclic amines) is 1. The molecule has 1 aliphatic rings. The van der Waals surface area contributed by atoms with E-state index in [-0.39, 0.29) is 12.5 Å². The van der Waals surface area contributed by atoms with Gasteiger partial charge in [-0.25, -0.2) is 4.98 Å². The van der Waals surface area contributed by atoms with E-state index < -0.39 is 0 Å². The zero-order valence-electron chi connectivity index (χ0n) is 14.8. The first kappa shape index (κ1) is 17.8. The van der Waals surface area contributed by atoms with Crippen molar-refractivity contribution in [2.24, 2.45) is 5.73 Å². The Morgan fingerprint density at radius 1 is 1.48 bits per heavy atom. The normalized spacial score (nSPS) is 18.1. The number of hydrogen-bond donors (Lipinski definition) is 3. The summed E-state index contributed by atoms with van der Waals surface area (Å²) in [6.07, 6.45) is 5.96. The van der Waals surface area contributed by atoms with Crippen LogP contribution in [-0.2, 0) is 9.53 Å². The molecule has 1 saturated heterocycles. The number of aromatic amines is 1. The van der Waals surface area contributed by atoms with Crippen LogP contribution in [-0.4, -0.2) is 54.1 Å². The van der Waals surface area contributed by atoms with Gasteiger partial charge in [-0.05, 0) is 51.9 Å². The highest BCUT2D eigenvalue weighted by atomic mass is 16.5. The van der Waals surface area contributed by atoms with Gasteiger partial charge in [0.2, 0.25) is 0 Å². The van der Waals surface area contributed by atoms with Crippen LogP contribution in [0.1, 0.15) is 37.4 Å². The van der Waals surface area contributed by atoms with Gasteiger partial charge in [0.15, 0.2) is 0 Å². The maximum Gasteiger partial charge on any atom is 0.251 e. The van der Waals surface area contributed by atoms with Crippen LogP contribution in [0.5, 0.6) is 0 Å². The van der Waals surface area contributed by atoms with Crippen molar-refractivity contribution in [1.82, 2.24) is 14.9 Å². The Balaban J connectivity index is 1.58. The molecule has 0 saturated carbocycles. The number of anilines is 1. The highest BCUT2D eigenvalue weighted by molar-refractivity contribution is 5.93. The number of hydrogen-bond acceptors (Lipinski definition) is 5. The number of nitrogens with one attached hydrogen (secondary N) is 2. The fourth-order valence-electron chi connectivity index (χ4n) is 3.29. The molecule has 1 atom stereocenters. The van der Waals surface area contributed by atoms with E-state index in [0.29, 0.717) is 25.0 Å². The van der Waals surface area contributed by atoms with E-state index >= 15 is 0 Å². The number of unbranched alkanes of at least 4 members (excludes halogenated alkanes) is 1. The fraction of sp³-hybridized carbons (Fsp3) is 0.556. The number of nitrogens with zero attached hydrogens (tertiary/aromatic N) is 2. The molecule has 136 valence electrons. The van der Waals surface area contributed by atoms with E-state index in [9.17, 15) is 4.79 Å². The average Bonchev–Trinajstić information content (AvgIpc) is 3.19. The summed E-state index contributed by atoms with van der Waals surface area (Å²) in [5.41, 5.74) is 7.62. The molecular weight excluding hydrogens is 318 g/mol. The van der Waals surface area contributed by atoms with Crippen LogP contribution in [0.25, 0.3) is 10.9 Å². The van der Waals surface area contributed by atoms with E-state index in [1.54, 1.807) is 6.20 Å². The van der Waals surface area contributed by atoms with Crippen LogP contribution in [0.4, 0.5) is 5.82 Å². The zero-order valence-corrected chi connectivity index (χ0v) is 14.8. The smallest absolute Gasteiger partial charge is 0.251 e. The third-order valence-corrected chi connectivity index (χ3v) is 4.65. The van der Waals surface area contributed by atoms with Gasteiger partial charge in [-0.15, -0.1) is 0 Å². The number of ether oxygens (including phenoxy) is 1. The molecule has 4 N–H and O–H groups in total. The van der Waals surface area contributed by atoms with E-state index in [2.05, 4.69) is 33.3 Å². The number of H-pyrrole nitrogens is 1. The van der Waals surface area contributed by atoms with Crippen LogP contribution < -0.4 is 11.1 Å². The minimum Gasteiger partial charge on any atom is -0.372 e. The lowest BCUT2D eigenvalue weighted by atomic mass is 10.1. The number of pyridine rings is 1. The lowest BCUT2D eigenvalue weighted by molar-refractivity contribution is -0.120. The van der Waals surface area contributed by atoms with Gasteiger partial charge in [0.05, 0.1) is 5.52 Å². The van der Waals surface area contributed by atoms with E-state index in [0.717, 1.165) is 30.3 Å². The van der Waals surface area contributed by atoms with Gasteiger partial charge < -0.3 is 20.8 Å². The second-order valence-electron chi connectivity index (χ2n) is 6.62. The van der Waals surface area contributed by atoms with E-state index in [4.69, 9.17) is 10.5 Å². The molecule has 0 spiro atoms. The van der Waals surface area contributed by atoms with Crippen molar-refractivity contribution < 1.29 is 9.53 Å². The molecule has 1 fully saturated rings. The van der Waals surface area contributed by atoms with Crippen LogP contribution in [0.3, 0.4) is 0 Å².